The lowest BCUT2D eigenvalue weighted by atomic mass is 10.1. The number of hydrogen-bond acceptors (Lipinski definition) is 5. The van der Waals surface area contributed by atoms with Gasteiger partial charge >= 0.3 is 5.97 Å². The molecule has 0 unspecified atom stereocenters. The van der Waals surface area contributed by atoms with E-state index in [1.165, 1.54) is 11.8 Å². The van der Waals surface area contributed by atoms with Crippen LogP contribution in [0, 0.1) is 0 Å². The third kappa shape index (κ3) is 5.54. The Kier molecular flexibility index (Phi) is 6.57. The van der Waals surface area contributed by atoms with Gasteiger partial charge in [-0.3, -0.25) is 0 Å². The quantitative estimate of drug-likeness (QED) is 0.494. The van der Waals surface area contributed by atoms with Gasteiger partial charge in [-0.1, -0.05) is 24.4 Å². The lowest BCUT2D eigenvalue weighted by molar-refractivity contribution is 0.0434. The van der Waals surface area contributed by atoms with E-state index < -0.39 is 5.97 Å². The number of aliphatic hydroxyl groups is 1. The zero-order valence-electron chi connectivity index (χ0n) is 8.96. The zero-order valence-corrected chi connectivity index (χ0v) is 11.5. The Bertz CT molecular complexity index is 389. The predicted octanol–water partition coefficient (Wildman–Crippen LogP) is 2.28. The summed E-state index contributed by atoms with van der Waals surface area (Å²) in [4.78, 5) is 11.4. The first kappa shape index (κ1) is 14.5. The van der Waals surface area contributed by atoms with E-state index in [0.29, 0.717) is 9.09 Å². The number of aliphatic hydroxyl groups excluding tert-OH is 1. The zero-order chi connectivity index (χ0) is 12.7. The van der Waals surface area contributed by atoms with Crippen molar-refractivity contribution < 1.29 is 14.6 Å². The number of carbonyl (C=O) groups is 1. The van der Waals surface area contributed by atoms with Crippen LogP contribution in [0.5, 0.6) is 0 Å². The monoisotopic (exact) mass is 288 g/mol. The number of carbonyl (C=O) groups excluding carboxylic acids is 1. The second kappa shape index (κ2) is 7.71. The first-order valence-corrected chi connectivity index (χ1v) is 6.70. The van der Waals surface area contributed by atoms with Crippen LogP contribution in [0.4, 0.5) is 0 Å². The highest BCUT2D eigenvalue weighted by molar-refractivity contribution is 8.41. The minimum Gasteiger partial charge on any atom is -0.460 e. The molecule has 3 nitrogen and oxygen atoms in total. The van der Waals surface area contributed by atoms with Crippen molar-refractivity contribution in [2.45, 2.75) is 5.75 Å². The third-order valence-electron chi connectivity index (χ3n) is 1.88. The molecule has 0 aliphatic carbocycles. The molecular weight excluding hydrogens is 276 g/mol. The fraction of sp³-hybridized carbons (Fsp3) is 0.273. The van der Waals surface area contributed by atoms with E-state index in [1.807, 2.05) is 12.1 Å². The van der Waals surface area contributed by atoms with Crippen LogP contribution in [0.25, 0.3) is 0 Å². The fourth-order valence-electron chi connectivity index (χ4n) is 1.10. The Balaban J connectivity index is 2.55. The SMILES string of the molecule is O=C(OCCO)c1ccc(CSC(=S)S)cc1. The molecule has 1 aromatic carbocycles. The van der Waals surface area contributed by atoms with Gasteiger partial charge in [0.1, 0.15) is 10.1 Å². The minimum atomic E-state index is -0.428. The van der Waals surface area contributed by atoms with Gasteiger partial charge in [0.05, 0.1) is 12.2 Å². The summed E-state index contributed by atoms with van der Waals surface area (Å²) in [6.07, 6.45) is 0. The summed E-state index contributed by atoms with van der Waals surface area (Å²) in [5, 5.41) is 8.53. The molecule has 0 saturated heterocycles. The summed E-state index contributed by atoms with van der Waals surface area (Å²) >= 11 is 10.3. The van der Waals surface area contributed by atoms with Crippen molar-refractivity contribution in [3.8, 4) is 0 Å². The Morgan fingerprint density at radius 3 is 2.59 bits per heavy atom. The van der Waals surface area contributed by atoms with Crippen LogP contribution in [0.15, 0.2) is 24.3 Å². The number of ether oxygens (including phenoxy) is 1. The second-order valence-corrected chi connectivity index (χ2v) is 5.82. The molecule has 1 N–H and O–H groups in total. The van der Waals surface area contributed by atoms with E-state index in [2.05, 4.69) is 12.6 Å². The summed E-state index contributed by atoms with van der Waals surface area (Å²) in [6, 6.07) is 7.07. The van der Waals surface area contributed by atoms with Crippen LogP contribution in [-0.2, 0) is 10.5 Å². The molecule has 1 aromatic rings. The van der Waals surface area contributed by atoms with E-state index in [-0.39, 0.29) is 13.2 Å². The van der Waals surface area contributed by atoms with Gasteiger partial charge in [-0.15, -0.1) is 24.4 Å². The van der Waals surface area contributed by atoms with Gasteiger partial charge in [-0.2, -0.15) is 0 Å². The fourth-order valence-corrected chi connectivity index (χ4v) is 1.96. The highest BCUT2D eigenvalue weighted by Gasteiger charge is 2.06. The maximum absolute atomic E-state index is 11.4. The van der Waals surface area contributed by atoms with E-state index in [4.69, 9.17) is 22.1 Å². The molecule has 0 bridgehead atoms. The average molecular weight is 288 g/mol. The van der Waals surface area contributed by atoms with Crippen LogP contribution < -0.4 is 0 Å². The van der Waals surface area contributed by atoms with Gasteiger partial charge in [0, 0.05) is 5.75 Å². The lowest BCUT2D eigenvalue weighted by Gasteiger charge is -2.04. The number of hydrogen-bond donors (Lipinski definition) is 2. The second-order valence-electron chi connectivity index (χ2n) is 3.11. The lowest BCUT2D eigenvalue weighted by Crippen LogP contribution is -2.08. The number of esters is 1. The molecule has 0 radical (unpaired) electrons. The summed E-state index contributed by atoms with van der Waals surface area (Å²) in [5.41, 5.74) is 1.53. The molecule has 0 spiro atoms. The van der Waals surface area contributed by atoms with Crippen LogP contribution in [-0.4, -0.2) is 27.8 Å². The molecule has 0 aliphatic heterocycles. The van der Waals surface area contributed by atoms with Gasteiger partial charge in [0.15, 0.2) is 0 Å². The van der Waals surface area contributed by atoms with Gasteiger partial charge in [0.2, 0.25) is 0 Å². The Morgan fingerprint density at radius 1 is 1.41 bits per heavy atom. The molecule has 1 rings (SSSR count). The van der Waals surface area contributed by atoms with Gasteiger partial charge in [-0.05, 0) is 17.7 Å². The first-order valence-electron chi connectivity index (χ1n) is 4.86. The van der Waals surface area contributed by atoms with Crippen molar-refractivity contribution in [2.24, 2.45) is 0 Å². The maximum atomic E-state index is 11.4. The standard InChI is InChI=1S/C11H12O3S3/c12-5-6-14-10(13)9-3-1-8(2-4-9)7-17-11(15)16/h1-4,12H,5-7H2,(H,15,16). The number of thiocarbonyl (C=S) groups is 1. The molecule has 0 atom stereocenters. The molecule has 0 heterocycles. The number of rotatable bonds is 5. The molecule has 0 amide bonds. The highest BCUT2D eigenvalue weighted by atomic mass is 32.2. The highest BCUT2D eigenvalue weighted by Crippen LogP contribution is 2.16. The Hall–Kier alpha value is -0.560. The third-order valence-corrected chi connectivity index (χ3v) is 3.34. The molecule has 0 saturated carbocycles. The van der Waals surface area contributed by atoms with Crippen molar-refractivity contribution >= 4 is 46.1 Å². The van der Waals surface area contributed by atoms with E-state index >= 15 is 0 Å². The first-order chi connectivity index (χ1) is 8.13. The molecule has 6 heteroatoms. The van der Waals surface area contributed by atoms with Crippen LogP contribution in [0.2, 0.25) is 0 Å². The molecule has 17 heavy (non-hydrogen) atoms. The van der Waals surface area contributed by atoms with Crippen LogP contribution in [0.3, 0.4) is 0 Å². The normalized spacial score (nSPS) is 10.0. The number of thioether (sulfide) groups is 1. The van der Waals surface area contributed by atoms with Crippen LogP contribution >= 0.6 is 36.6 Å². The summed E-state index contributed by atoms with van der Waals surface area (Å²) in [5.74, 6) is 0.303. The van der Waals surface area contributed by atoms with Crippen molar-refractivity contribution in [1.29, 1.82) is 0 Å². The molecule has 0 fully saturated rings. The average Bonchev–Trinajstić information content (AvgIpc) is 2.34. The summed E-state index contributed by atoms with van der Waals surface area (Å²) in [7, 11) is 0. The van der Waals surface area contributed by atoms with E-state index in [0.717, 1.165) is 11.3 Å². The smallest absolute Gasteiger partial charge is 0.338 e. The maximum Gasteiger partial charge on any atom is 0.338 e. The molecule has 0 aromatic heterocycles. The van der Waals surface area contributed by atoms with Crippen LogP contribution in [0.1, 0.15) is 15.9 Å². The topological polar surface area (TPSA) is 46.5 Å². The van der Waals surface area contributed by atoms with Crippen molar-refractivity contribution in [3.05, 3.63) is 35.4 Å². The van der Waals surface area contributed by atoms with E-state index in [1.54, 1.807) is 12.1 Å². The number of benzene rings is 1. The van der Waals surface area contributed by atoms with E-state index in [9.17, 15) is 4.79 Å². The minimum absolute atomic E-state index is 0.0182. The summed E-state index contributed by atoms with van der Waals surface area (Å²) < 4.78 is 5.38. The van der Waals surface area contributed by atoms with Gasteiger partial charge < -0.3 is 9.84 Å². The Morgan fingerprint density at radius 2 is 2.06 bits per heavy atom. The molecule has 0 aliphatic rings. The molecular formula is C11H12O3S3. The number of thiol groups is 1. The Labute approximate surface area is 115 Å². The predicted molar refractivity (Wildman–Crippen MR) is 76.7 cm³/mol. The largest absolute Gasteiger partial charge is 0.460 e. The van der Waals surface area contributed by atoms with Gasteiger partial charge in [-0.25, -0.2) is 4.79 Å². The van der Waals surface area contributed by atoms with Crippen molar-refractivity contribution in [3.63, 3.8) is 0 Å². The molecule has 92 valence electrons. The summed E-state index contributed by atoms with van der Waals surface area (Å²) in [6.45, 7) is -0.149. The van der Waals surface area contributed by atoms with Crippen molar-refractivity contribution in [1.82, 2.24) is 0 Å². The van der Waals surface area contributed by atoms with Crippen molar-refractivity contribution in [2.75, 3.05) is 13.2 Å². The van der Waals surface area contributed by atoms with Gasteiger partial charge in [0.25, 0.3) is 0 Å².